The Bertz CT molecular complexity index is 681. The van der Waals surface area contributed by atoms with E-state index in [1.165, 1.54) is 0 Å². The lowest BCUT2D eigenvalue weighted by atomic mass is 10.2. The van der Waals surface area contributed by atoms with Crippen molar-refractivity contribution in [3.05, 3.63) is 53.5 Å². The van der Waals surface area contributed by atoms with Gasteiger partial charge in [0.2, 0.25) is 0 Å². The topological polar surface area (TPSA) is 68.5 Å². The monoisotopic (exact) mass is 335 g/mol. The lowest BCUT2D eigenvalue weighted by Gasteiger charge is -2.03. The molecule has 0 radical (unpaired) electrons. The SMILES string of the molecule is COCCCNC(=O)c1ccc(CS(=O)c2cccc(C)c2)o1. The summed E-state index contributed by atoms with van der Waals surface area (Å²) in [5, 5.41) is 2.75. The Morgan fingerprint density at radius 1 is 1.30 bits per heavy atom. The van der Waals surface area contributed by atoms with Gasteiger partial charge in [0, 0.05) is 25.2 Å². The lowest BCUT2D eigenvalue weighted by Crippen LogP contribution is -2.24. The van der Waals surface area contributed by atoms with Crippen LogP contribution in [-0.2, 0) is 21.3 Å². The van der Waals surface area contributed by atoms with E-state index >= 15 is 0 Å². The summed E-state index contributed by atoms with van der Waals surface area (Å²) in [5.41, 5.74) is 1.06. The molecule has 1 aromatic carbocycles. The molecule has 1 unspecified atom stereocenters. The Balaban J connectivity index is 1.91. The van der Waals surface area contributed by atoms with Crippen LogP contribution in [0.15, 0.2) is 45.7 Å². The second-order valence-electron chi connectivity index (χ2n) is 5.17. The van der Waals surface area contributed by atoms with Gasteiger partial charge in [0.25, 0.3) is 5.91 Å². The van der Waals surface area contributed by atoms with Gasteiger partial charge in [-0.05, 0) is 43.2 Å². The van der Waals surface area contributed by atoms with Crippen LogP contribution >= 0.6 is 0 Å². The van der Waals surface area contributed by atoms with E-state index in [9.17, 15) is 9.00 Å². The van der Waals surface area contributed by atoms with E-state index < -0.39 is 10.8 Å². The fraction of sp³-hybridized carbons (Fsp3) is 0.353. The Hall–Kier alpha value is -1.92. The number of ether oxygens (including phenoxy) is 1. The molecule has 1 amide bonds. The van der Waals surface area contributed by atoms with Crippen LogP contribution in [0, 0.1) is 6.92 Å². The molecule has 124 valence electrons. The fourth-order valence-corrected chi connectivity index (χ4v) is 3.18. The molecule has 2 rings (SSSR count). The van der Waals surface area contributed by atoms with Gasteiger partial charge in [-0.2, -0.15) is 0 Å². The number of hydrogen-bond donors (Lipinski definition) is 1. The summed E-state index contributed by atoms with van der Waals surface area (Å²) in [4.78, 5) is 12.7. The highest BCUT2D eigenvalue weighted by molar-refractivity contribution is 7.84. The van der Waals surface area contributed by atoms with E-state index in [0.717, 1.165) is 16.9 Å². The molecule has 0 spiro atoms. The van der Waals surface area contributed by atoms with E-state index in [0.29, 0.717) is 18.9 Å². The molecule has 6 heteroatoms. The average Bonchev–Trinajstić information content (AvgIpc) is 3.00. The lowest BCUT2D eigenvalue weighted by molar-refractivity contribution is 0.0919. The van der Waals surface area contributed by atoms with Gasteiger partial charge >= 0.3 is 0 Å². The number of carbonyl (C=O) groups is 1. The van der Waals surface area contributed by atoms with Crippen LogP contribution in [-0.4, -0.2) is 30.4 Å². The minimum absolute atomic E-state index is 0.235. The standard InChI is InChI=1S/C17H21NO4S/c1-13-5-3-6-15(11-13)23(20)12-14-7-8-16(22-14)17(19)18-9-4-10-21-2/h3,5-8,11H,4,9-10,12H2,1-2H3,(H,18,19). The fourth-order valence-electron chi connectivity index (χ4n) is 2.05. The zero-order valence-electron chi connectivity index (χ0n) is 13.3. The van der Waals surface area contributed by atoms with Crippen molar-refractivity contribution in [3.8, 4) is 0 Å². The van der Waals surface area contributed by atoms with E-state index in [-0.39, 0.29) is 17.4 Å². The largest absolute Gasteiger partial charge is 0.455 e. The summed E-state index contributed by atoms with van der Waals surface area (Å²) in [6.07, 6.45) is 0.743. The predicted molar refractivity (Wildman–Crippen MR) is 88.8 cm³/mol. The number of rotatable bonds is 8. The van der Waals surface area contributed by atoms with Gasteiger partial charge in [-0.15, -0.1) is 0 Å². The van der Waals surface area contributed by atoms with E-state index in [1.54, 1.807) is 19.2 Å². The number of methoxy groups -OCH3 is 1. The van der Waals surface area contributed by atoms with Crippen LogP contribution in [0.2, 0.25) is 0 Å². The molecular weight excluding hydrogens is 314 g/mol. The maximum absolute atomic E-state index is 12.3. The van der Waals surface area contributed by atoms with E-state index in [4.69, 9.17) is 9.15 Å². The summed E-state index contributed by atoms with van der Waals surface area (Å²) in [6, 6.07) is 10.9. The number of aryl methyl sites for hydroxylation is 1. The van der Waals surface area contributed by atoms with Gasteiger partial charge in [-0.1, -0.05) is 12.1 Å². The van der Waals surface area contributed by atoms with Crippen LogP contribution in [0.25, 0.3) is 0 Å². The van der Waals surface area contributed by atoms with E-state index in [2.05, 4.69) is 5.32 Å². The zero-order chi connectivity index (χ0) is 16.7. The number of nitrogens with one attached hydrogen (secondary N) is 1. The summed E-state index contributed by atoms with van der Waals surface area (Å²) >= 11 is 0. The summed E-state index contributed by atoms with van der Waals surface area (Å²) < 4.78 is 22.7. The van der Waals surface area contributed by atoms with Crippen molar-refractivity contribution >= 4 is 16.7 Å². The molecule has 5 nitrogen and oxygen atoms in total. The first-order valence-corrected chi connectivity index (χ1v) is 8.73. The van der Waals surface area contributed by atoms with Crippen LogP contribution in [0.5, 0.6) is 0 Å². The van der Waals surface area contributed by atoms with Crippen molar-refractivity contribution < 1.29 is 18.2 Å². The minimum Gasteiger partial charge on any atom is -0.455 e. The first kappa shape index (κ1) is 17.4. The van der Waals surface area contributed by atoms with Crippen molar-refractivity contribution in [3.63, 3.8) is 0 Å². The number of hydrogen-bond acceptors (Lipinski definition) is 4. The third kappa shape index (κ3) is 5.33. The quantitative estimate of drug-likeness (QED) is 0.753. The van der Waals surface area contributed by atoms with Crippen LogP contribution in [0.4, 0.5) is 0 Å². The minimum atomic E-state index is -1.19. The molecule has 1 heterocycles. The van der Waals surface area contributed by atoms with Crippen molar-refractivity contribution in [2.75, 3.05) is 20.3 Å². The highest BCUT2D eigenvalue weighted by atomic mass is 32.2. The van der Waals surface area contributed by atoms with Gasteiger partial charge in [0.1, 0.15) is 5.76 Å². The number of amides is 1. The summed E-state index contributed by atoms with van der Waals surface area (Å²) in [7, 11) is 0.425. The molecule has 0 aliphatic carbocycles. The third-order valence-corrected chi connectivity index (χ3v) is 4.55. The Kier molecular flexibility index (Phi) is 6.55. The molecule has 2 aromatic rings. The maximum Gasteiger partial charge on any atom is 0.286 e. The number of furan rings is 1. The Morgan fingerprint density at radius 2 is 2.13 bits per heavy atom. The van der Waals surface area contributed by atoms with Gasteiger partial charge in [-0.25, -0.2) is 0 Å². The molecule has 0 bridgehead atoms. The van der Waals surface area contributed by atoms with Crippen molar-refractivity contribution in [2.24, 2.45) is 0 Å². The molecular formula is C17H21NO4S. The van der Waals surface area contributed by atoms with Crippen molar-refractivity contribution in [1.82, 2.24) is 5.32 Å². The second kappa shape index (κ2) is 8.64. The smallest absolute Gasteiger partial charge is 0.286 e. The first-order chi connectivity index (χ1) is 11.1. The Labute approximate surface area is 138 Å². The average molecular weight is 335 g/mol. The Morgan fingerprint density at radius 3 is 2.87 bits per heavy atom. The maximum atomic E-state index is 12.3. The van der Waals surface area contributed by atoms with Crippen LogP contribution in [0.3, 0.4) is 0 Å². The van der Waals surface area contributed by atoms with Gasteiger partial charge in [-0.3, -0.25) is 9.00 Å². The summed E-state index contributed by atoms with van der Waals surface area (Å²) in [6.45, 7) is 3.08. The first-order valence-electron chi connectivity index (χ1n) is 7.41. The highest BCUT2D eigenvalue weighted by Gasteiger charge is 2.13. The van der Waals surface area contributed by atoms with Crippen LogP contribution < -0.4 is 5.32 Å². The molecule has 0 saturated heterocycles. The second-order valence-corrected chi connectivity index (χ2v) is 6.63. The van der Waals surface area contributed by atoms with Crippen molar-refractivity contribution in [2.45, 2.75) is 24.0 Å². The molecule has 0 aliphatic rings. The molecule has 1 atom stereocenters. The van der Waals surface area contributed by atoms with Gasteiger partial charge in [0.05, 0.1) is 16.6 Å². The molecule has 0 saturated carbocycles. The van der Waals surface area contributed by atoms with Crippen LogP contribution in [0.1, 0.15) is 28.3 Å². The zero-order valence-corrected chi connectivity index (χ0v) is 14.2. The predicted octanol–water partition coefficient (Wildman–Crippen LogP) is 2.66. The molecule has 1 aromatic heterocycles. The highest BCUT2D eigenvalue weighted by Crippen LogP contribution is 2.16. The summed E-state index contributed by atoms with van der Waals surface area (Å²) in [5.74, 6) is 0.750. The molecule has 0 aliphatic heterocycles. The molecule has 1 N–H and O–H groups in total. The van der Waals surface area contributed by atoms with Crippen molar-refractivity contribution in [1.29, 1.82) is 0 Å². The van der Waals surface area contributed by atoms with E-state index in [1.807, 2.05) is 31.2 Å². The molecule has 0 fully saturated rings. The number of carbonyl (C=O) groups excluding carboxylic acids is 1. The normalized spacial score (nSPS) is 12.1. The number of benzene rings is 1. The van der Waals surface area contributed by atoms with Gasteiger partial charge in [0.15, 0.2) is 5.76 Å². The van der Waals surface area contributed by atoms with Gasteiger partial charge < -0.3 is 14.5 Å². The third-order valence-electron chi connectivity index (χ3n) is 3.22. The molecule has 23 heavy (non-hydrogen) atoms.